The van der Waals surface area contributed by atoms with Crippen molar-refractivity contribution in [2.24, 2.45) is 0 Å². The molecule has 0 unspecified atom stereocenters. The molecule has 5 rings (SSSR count). The molecule has 0 aliphatic rings. The summed E-state index contributed by atoms with van der Waals surface area (Å²) in [4.78, 5) is 43.1. The Bertz CT molecular complexity index is 1990. The lowest BCUT2D eigenvalue weighted by molar-refractivity contribution is -0.154. The highest BCUT2D eigenvalue weighted by molar-refractivity contribution is 6.01. The first kappa shape index (κ1) is 37.7. The Morgan fingerprint density at radius 2 is 1.65 bits per heavy atom. The molecule has 2 aromatic carbocycles. The predicted octanol–water partition coefficient (Wildman–Crippen LogP) is 6.90. The molecule has 2 N–H and O–H groups in total. The third-order valence-corrected chi connectivity index (χ3v) is 8.08. The van der Waals surface area contributed by atoms with Gasteiger partial charge in [-0.25, -0.2) is 10.1 Å². The van der Waals surface area contributed by atoms with Crippen LogP contribution in [0.2, 0.25) is 0 Å². The van der Waals surface area contributed by atoms with E-state index in [2.05, 4.69) is 30.9 Å². The zero-order valence-electron chi connectivity index (χ0n) is 29.5. The van der Waals surface area contributed by atoms with Crippen LogP contribution in [-0.2, 0) is 22.5 Å². The van der Waals surface area contributed by atoms with Gasteiger partial charge in [0.15, 0.2) is 17.3 Å². The van der Waals surface area contributed by atoms with Crippen molar-refractivity contribution in [3.8, 4) is 28.3 Å². The van der Waals surface area contributed by atoms with E-state index in [4.69, 9.17) is 4.74 Å². The van der Waals surface area contributed by atoms with Gasteiger partial charge in [-0.2, -0.15) is 13.2 Å². The van der Waals surface area contributed by atoms with Crippen molar-refractivity contribution in [2.45, 2.75) is 84.5 Å². The van der Waals surface area contributed by atoms with E-state index in [0.717, 1.165) is 32.9 Å². The molecule has 0 saturated carbocycles. The van der Waals surface area contributed by atoms with Crippen LogP contribution in [0.25, 0.3) is 28.3 Å². The number of Topliss-reactive ketones (excluding diaryl/α,β-unsaturated/α-hetero) is 1. The molecule has 5 aromatic rings. The number of unbranched alkanes of at least 4 members (excludes halogenated alkanes) is 2. The molecule has 52 heavy (non-hydrogen) atoms. The summed E-state index contributed by atoms with van der Waals surface area (Å²) in [6.07, 6.45) is -0.773. The van der Waals surface area contributed by atoms with Crippen LogP contribution in [0.1, 0.15) is 92.2 Å². The van der Waals surface area contributed by atoms with Gasteiger partial charge in [-0.3, -0.25) is 19.0 Å². The molecule has 12 nitrogen and oxygen atoms in total. The summed E-state index contributed by atoms with van der Waals surface area (Å²) >= 11 is 0. The first-order chi connectivity index (χ1) is 24.8. The Hall–Kier alpha value is -5.60. The van der Waals surface area contributed by atoms with Gasteiger partial charge in [0.1, 0.15) is 11.4 Å². The topological polar surface area (TPSA) is 150 Å². The number of ether oxygens (including phenoxy) is 1. The van der Waals surface area contributed by atoms with Crippen LogP contribution < -0.4 is 5.32 Å². The van der Waals surface area contributed by atoms with Crippen molar-refractivity contribution in [3.63, 3.8) is 0 Å². The molecule has 0 aliphatic heterocycles. The van der Waals surface area contributed by atoms with Gasteiger partial charge in [0, 0.05) is 37.7 Å². The average Bonchev–Trinajstić information content (AvgIpc) is 3.86. The van der Waals surface area contributed by atoms with Crippen LogP contribution >= 0.6 is 0 Å². The highest BCUT2D eigenvalue weighted by Crippen LogP contribution is 2.31. The van der Waals surface area contributed by atoms with Crippen LogP contribution in [0.3, 0.4) is 0 Å². The van der Waals surface area contributed by atoms with Gasteiger partial charge in [-0.1, -0.05) is 61.9 Å². The number of tetrazole rings is 1. The van der Waals surface area contributed by atoms with Crippen molar-refractivity contribution in [2.75, 3.05) is 6.54 Å². The normalized spacial score (nSPS) is 11.8. The van der Waals surface area contributed by atoms with Gasteiger partial charge in [-0.15, -0.1) is 5.10 Å². The maximum Gasteiger partial charge on any atom is 0.456 e. The number of benzene rings is 2. The molecule has 0 radical (unpaired) electrons. The van der Waals surface area contributed by atoms with E-state index in [1.54, 1.807) is 25.3 Å². The van der Waals surface area contributed by atoms with Crippen LogP contribution in [-0.4, -0.2) is 70.7 Å². The zero-order chi connectivity index (χ0) is 37.5. The largest absolute Gasteiger partial charge is 0.460 e. The van der Waals surface area contributed by atoms with Crippen molar-refractivity contribution < 1.29 is 32.3 Å². The van der Waals surface area contributed by atoms with E-state index in [1.807, 2.05) is 55.5 Å². The summed E-state index contributed by atoms with van der Waals surface area (Å²) in [5.74, 6) is -1.98. The summed E-state index contributed by atoms with van der Waals surface area (Å²) in [7, 11) is 0. The van der Waals surface area contributed by atoms with Crippen LogP contribution in [0, 0.1) is 0 Å². The fourth-order valence-corrected chi connectivity index (χ4v) is 5.79. The number of nitrogens with zero attached hydrogens (tertiary/aromatic N) is 6. The number of nitrogens with one attached hydrogen (secondary N) is 2. The van der Waals surface area contributed by atoms with Crippen LogP contribution in [0.5, 0.6) is 0 Å². The summed E-state index contributed by atoms with van der Waals surface area (Å²) < 4.78 is 48.9. The molecule has 0 bridgehead atoms. The third-order valence-electron chi connectivity index (χ3n) is 8.08. The fraction of sp³-hybridized carbons (Fsp3) is 0.378. The Morgan fingerprint density at radius 1 is 0.923 bits per heavy atom. The number of imidazole rings is 1. The first-order valence-electron chi connectivity index (χ1n) is 17.1. The number of carbonyl (C=O) groups is 3. The Balaban J connectivity index is 1.44. The predicted molar refractivity (Wildman–Crippen MR) is 187 cm³/mol. The molecular formula is C37H41F3N8O4. The molecule has 0 saturated heterocycles. The molecule has 0 fully saturated rings. The number of aryl methyl sites for hydroxylation is 1. The molecular weight excluding hydrogens is 677 g/mol. The third kappa shape index (κ3) is 9.19. The van der Waals surface area contributed by atoms with E-state index < -0.39 is 29.2 Å². The number of esters is 1. The highest BCUT2D eigenvalue weighted by Gasteiger charge is 2.41. The number of ketones is 1. The second-order valence-corrected chi connectivity index (χ2v) is 13.3. The summed E-state index contributed by atoms with van der Waals surface area (Å²) in [6.45, 7) is 7.76. The number of carbonyl (C=O) groups excluding carboxylic acids is 3. The van der Waals surface area contributed by atoms with E-state index >= 15 is 0 Å². The first-order valence-corrected chi connectivity index (χ1v) is 17.1. The number of amides is 1. The van der Waals surface area contributed by atoms with E-state index in [9.17, 15) is 27.6 Å². The number of alkyl halides is 3. The molecule has 0 atom stereocenters. The molecule has 0 aliphatic carbocycles. The maximum absolute atomic E-state index is 14.0. The van der Waals surface area contributed by atoms with Crippen molar-refractivity contribution >= 4 is 17.7 Å². The number of aromatic nitrogens is 7. The molecule has 3 aromatic heterocycles. The van der Waals surface area contributed by atoms with Gasteiger partial charge in [0.2, 0.25) is 0 Å². The smallest absolute Gasteiger partial charge is 0.456 e. The monoisotopic (exact) mass is 718 g/mol. The second-order valence-electron chi connectivity index (χ2n) is 13.3. The van der Waals surface area contributed by atoms with Gasteiger partial charge in [0.25, 0.3) is 11.7 Å². The maximum atomic E-state index is 14.0. The lowest BCUT2D eigenvalue weighted by Crippen LogP contribution is -2.30. The number of aromatic amines is 1. The lowest BCUT2D eigenvalue weighted by atomic mass is 9.98. The number of rotatable bonds is 15. The molecule has 3 heterocycles. The zero-order valence-corrected chi connectivity index (χ0v) is 29.5. The van der Waals surface area contributed by atoms with E-state index in [1.165, 1.54) is 12.3 Å². The summed E-state index contributed by atoms with van der Waals surface area (Å²) in [6, 6.07) is 17.7. The molecule has 0 spiro atoms. The van der Waals surface area contributed by atoms with Crippen LogP contribution in [0.4, 0.5) is 13.2 Å². The lowest BCUT2D eigenvalue weighted by Gasteiger charge is -2.19. The number of H-pyrrole nitrogens is 1. The fourth-order valence-electron chi connectivity index (χ4n) is 5.79. The summed E-state index contributed by atoms with van der Waals surface area (Å²) in [5, 5.41) is 17.1. The average molecular weight is 719 g/mol. The highest BCUT2D eigenvalue weighted by atomic mass is 19.4. The standard InChI is InChI=1S/C37H41F3N8O4/c1-5-12-29-42-34(47-22-11-15-28(47)32(50)37(38,39)40)31(35(51)41-21-10-6-7-16-30(49)52-36(2,3)4)48(29)23-24-17-19-25(20-18-24)26-13-8-9-14-27(26)33-43-45-46-44-33/h8-9,11,13-15,17-20,22H,5-7,10,12,16,21,23H2,1-4H3,(H,41,51)(H,43,44,45,46). The minimum Gasteiger partial charge on any atom is -0.460 e. The van der Waals surface area contributed by atoms with Gasteiger partial charge in [0.05, 0.1) is 5.69 Å². The van der Waals surface area contributed by atoms with Crippen LogP contribution in [0.15, 0.2) is 66.9 Å². The second kappa shape index (κ2) is 16.2. The molecule has 274 valence electrons. The number of hydrogen-bond donors (Lipinski definition) is 2. The molecule has 1 amide bonds. The Labute approximate surface area is 298 Å². The van der Waals surface area contributed by atoms with Crippen molar-refractivity contribution in [1.29, 1.82) is 0 Å². The van der Waals surface area contributed by atoms with Gasteiger partial charge >= 0.3 is 12.1 Å². The van der Waals surface area contributed by atoms with Crippen molar-refractivity contribution in [1.82, 2.24) is 40.1 Å². The van der Waals surface area contributed by atoms with Gasteiger partial charge < -0.3 is 14.6 Å². The minimum absolute atomic E-state index is 0.0249. The van der Waals surface area contributed by atoms with E-state index in [-0.39, 0.29) is 37.0 Å². The minimum atomic E-state index is -5.13. The Morgan fingerprint density at radius 3 is 2.31 bits per heavy atom. The quantitative estimate of drug-likeness (QED) is 0.0675. The van der Waals surface area contributed by atoms with E-state index in [0.29, 0.717) is 43.8 Å². The molecule has 15 heteroatoms. The van der Waals surface area contributed by atoms with Crippen molar-refractivity contribution in [3.05, 3.63) is 89.6 Å². The van der Waals surface area contributed by atoms with Gasteiger partial charge in [-0.05, 0) is 79.3 Å². The number of hydrogen-bond acceptors (Lipinski definition) is 8. The Kier molecular flexibility index (Phi) is 11.7. The summed E-state index contributed by atoms with van der Waals surface area (Å²) in [5.41, 5.74) is 2.20. The SMILES string of the molecule is CCCc1nc(-n2cccc2C(=O)C(F)(F)F)c(C(=O)NCCCCCC(=O)OC(C)(C)C)n1Cc1ccc(-c2ccccc2-c2nnn[nH]2)cc1. The number of halogens is 3.